The number of aldehydes is 1. The summed E-state index contributed by atoms with van der Waals surface area (Å²) in [6.45, 7) is 3.55. The van der Waals surface area contributed by atoms with Crippen LogP contribution in [0.1, 0.15) is 23.5 Å². The van der Waals surface area contributed by atoms with Crippen LogP contribution in [0.5, 0.6) is 0 Å². The third-order valence-electron chi connectivity index (χ3n) is 3.70. The average molecular weight is 288 g/mol. The molecule has 110 valence electrons. The summed E-state index contributed by atoms with van der Waals surface area (Å²) in [7, 11) is 0. The molecular formula is C21H20O. The van der Waals surface area contributed by atoms with Gasteiger partial charge in [0.15, 0.2) is 0 Å². The van der Waals surface area contributed by atoms with Crippen LogP contribution < -0.4 is 0 Å². The van der Waals surface area contributed by atoms with E-state index in [1.54, 1.807) is 6.08 Å². The summed E-state index contributed by atoms with van der Waals surface area (Å²) in [5.74, 6) is 0.0866. The van der Waals surface area contributed by atoms with Gasteiger partial charge in [0.05, 0.1) is 0 Å². The molecule has 1 unspecified atom stereocenters. The number of hydrogen-bond acceptors (Lipinski definition) is 1. The average Bonchev–Trinajstić information content (AvgIpc) is 2.59. The predicted molar refractivity (Wildman–Crippen MR) is 91.8 cm³/mol. The number of allylic oxidation sites excluding steroid dienone is 3. The molecule has 2 aromatic carbocycles. The van der Waals surface area contributed by atoms with E-state index >= 15 is 0 Å². The Balaban J connectivity index is 2.25. The lowest BCUT2D eigenvalue weighted by molar-refractivity contribution is -0.105. The molecule has 2 aromatic rings. The SMILES string of the molecule is C=C=CC=C(C=O)C(CCc1ccccc1)c1ccccc1. The third-order valence-corrected chi connectivity index (χ3v) is 3.70. The Kier molecular flexibility index (Phi) is 6.17. The van der Waals surface area contributed by atoms with Crippen molar-refractivity contribution in [1.29, 1.82) is 0 Å². The highest BCUT2D eigenvalue weighted by molar-refractivity contribution is 5.76. The van der Waals surface area contributed by atoms with E-state index in [0.29, 0.717) is 0 Å². The smallest absolute Gasteiger partial charge is 0.146 e. The van der Waals surface area contributed by atoms with E-state index in [1.165, 1.54) is 5.56 Å². The van der Waals surface area contributed by atoms with Crippen LogP contribution in [-0.2, 0) is 11.2 Å². The van der Waals surface area contributed by atoms with Crippen molar-refractivity contribution in [2.75, 3.05) is 0 Å². The predicted octanol–water partition coefficient (Wildman–Crippen LogP) is 4.87. The van der Waals surface area contributed by atoms with Crippen molar-refractivity contribution in [3.63, 3.8) is 0 Å². The van der Waals surface area contributed by atoms with Crippen LogP contribution in [-0.4, -0.2) is 6.29 Å². The molecule has 22 heavy (non-hydrogen) atoms. The van der Waals surface area contributed by atoms with E-state index in [2.05, 4.69) is 36.6 Å². The minimum absolute atomic E-state index is 0.0866. The van der Waals surface area contributed by atoms with Crippen molar-refractivity contribution in [2.45, 2.75) is 18.8 Å². The van der Waals surface area contributed by atoms with E-state index in [4.69, 9.17) is 0 Å². The Morgan fingerprint density at radius 2 is 1.68 bits per heavy atom. The molecule has 2 rings (SSSR count). The number of aryl methyl sites for hydroxylation is 1. The first kappa shape index (κ1) is 15.8. The summed E-state index contributed by atoms with van der Waals surface area (Å²) in [5.41, 5.74) is 5.91. The van der Waals surface area contributed by atoms with Crippen molar-refractivity contribution in [3.05, 3.63) is 102 Å². The lowest BCUT2D eigenvalue weighted by Crippen LogP contribution is -2.06. The molecule has 1 nitrogen and oxygen atoms in total. The summed E-state index contributed by atoms with van der Waals surface area (Å²) in [4.78, 5) is 11.5. The van der Waals surface area contributed by atoms with Crippen molar-refractivity contribution in [1.82, 2.24) is 0 Å². The Hall–Kier alpha value is -2.63. The highest BCUT2D eigenvalue weighted by Crippen LogP contribution is 2.28. The van der Waals surface area contributed by atoms with Crippen LogP contribution in [0.2, 0.25) is 0 Å². The zero-order valence-corrected chi connectivity index (χ0v) is 12.6. The van der Waals surface area contributed by atoms with Gasteiger partial charge in [0.1, 0.15) is 6.29 Å². The van der Waals surface area contributed by atoms with E-state index in [1.807, 2.05) is 42.5 Å². The lowest BCUT2D eigenvalue weighted by atomic mass is 9.86. The molecular weight excluding hydrogens is 268 g/mol. The number of carbonyl (C=O) groups is 1. The zero-order valence-electron chi connectivity index (χ0n) is 12.6. The fourth-order valence-electron chi connectivity index (χ4n) is 2.56. The number of carbonyl (C=O) groups excluding carboxylic acids is 1. The second-order valence-corrected chi connectivity index (χ2v) is 5.14. The number of benzene rings is 2. The fraction of sp³-hybridized carbons (Fsp3) is 0.143. The Morgan fingerprint density at radius 3 is 2.27 bits per heavy atom. The third kappa shape index (κ3) is 4.44. The first-order chi connectivity index (χ1) is 10.8. The summed E-state index contributed by atoms with van der Waals surface area (Å²) in [6, 6.07) is 20.5. The largest absolute Gasteiger partial charge is 0.298 e. The molecule has 0 N–H and O–H groups in total. The highest BCUT2D eigenvalue weighted by Gasteiger charge is 2.15. The van der Waals surface area contributed by atoms with E-state index in [0.717, 1.165) is 30.3 Å². The molecule has 0 fully saturated rings. The molecule has 0 spiro atoms. The molecule has 0 bridgehead atoms. The van der Waals surface area contributed by atoms with Gasteiger partial charge in [-0.2, -0.15) is 0 Å². The van der Waals surface area contributed by atoms with Gasteiger partial charge >= 0.3 is 0 Å². The summed E-state index contributed by atoms with van der Waals surface area (Å²) < 4.78 is 0. The maximum absolute atomic E-state index is 11.5. The molecule has 0 radical (unpaired) electrons. The zero-order chi connectivity index (χ0) is 15.6. The topological polar surface area (TPSA) is 17.1 Å². The lowest BCUT2D eigenvalue weighted by Gasteiger charge is -2.17. The van der Waals surface area contributed by atoms with E-state index in [-0.39, 0.29) is 5.92 Å². The van der Waals surface area contributed by atoms with Gasteiger partial charge in [-0.05, 0) is 41.7 Å². The van der Waals surface area contributed by atoms with Gasteiger partial charge < -0.3 is 0 Å². The molecule has 0 aromatic heterocycles. The van der Waals surface area contributed by atoms with Crippen LogP contribution in [0.25, 0.3) is 0 Å². The van der Waals surface area contributed by atoms with Crippen LogP contribution in [0.4, 0.5) is 0 Å². The number of rotatable bonds is 7. The molecule has 1 atom stereocenters. The molecule has 0 aliphatic carbocycles. The Bertz CT molecular complexity index is 662. The van der Waals surface area contributed by atoms with Gasteiger partial charge in [-0.1, -0.05) is 67.2 Å². The Morgan fingerprint density at radius 1 is 1.05 bits per heavy atom. The quantitative estimate of drug-likeness (QED) is 0.307. The first-order valence-electron chi connectivity index (χ1n) is 7.45. The second-order valence-electron chi connectivity index (χ2n) is 5.14. The molecule has 1 heteroatoms. The molecule has 0 aliphatic rings. The van der Waals surface area contributed by atoms with Gasteiger partial charge in [0.2, 0.25) is 0 Å². The summed E-state index contributed by atoms with van der Waals surface area (Å²) >= 11 is 0. The van der Waals surface area contributed by atoms with Gasteiger partial charge in [0.25, 0.3) is 0 Å². The van der Waals surface area contributed by atoms with Crippen molar-refractivity contribution in [2.24, 2.45) is 0 Å². The minimum Gasteiger partial charge on any atom is -0.298 e. The maximum atomic E-state index is 11.5. The Labute approximate surface area is 132 Å². The van der Waals surface area contributed by atoms with Crippen LogP contribution in [0.3, 0.4) is 0 Å². The monoisotopic (exact) mass is 288 g/mol. The molecule has 0 heterocycles. The van der Waals surface area contributed by atoms with Crippen LogP contribution in [0.15, 0.2) is 90.7 Å². The second kappa shape index (κ2) is 8.61. The van der Waals surface area contributed by atoms with E-state index in [9.17, 15) is 4.79 Å². The highest BCUT2D eigenvalue weighted by atomic mass is 16.1. The van der Waals surface area contributed by atoms with Crippen molar-refractivity contribution in [3.8, 4) is 0 Å². The standard InChI is InChI=1S/C21H20O/c1-2-3-12-20(17-22)21(19-13-8-5-9-14-19)16-15-18-10-6-4-7-11-18/h3-14,17,21H,1,15-16H2. The molecule has 0 saturated heterocycles. The molecule has 0 amide bonds. The van der Waals surface area contributed by atoms with Crippen LogP contribution in [0, 0.1) is 0 Å². The summed E-state index contributed by atoms with van der Waals surface area (Å²) in [5, 5.41) is 0. The van der Waals surface area contributed by atoms with Crippen molar-refractivity contribution < 1.29 is 4.79 Å². The van der Waals surface area contributed by atoms with Gasteiger partial charge in [0, 0.05) is 5.92 Å². The normalized spacial score (nSPS) is 12.3. The van der Waals surface area contributed by atoms with Gasteiger partial charge in [-0.15, -0.1) is 5.73 Å². The van der Waals surface area contributed by atoms with Gasteiger partial charge in [-0.25, -0.2) is 0 Å². The van der Waals surface area contributed by atoms with E-state index < -0.39 is 0 Å². The van der Waals surface area contributed by atoms with Crippen molar-refractivity contribution >= 4 is 6.29 Å². The van der Waals surface area contributed by atoms with Gasteiger partial charge in [-0.3, -0.25) is 4.79 Å². The minimum atomic E-state index is 0.0866. The molecule has 0 aliphatic heterocycles. The van der Waals surface area contributed by atoms with Crippen LogP contribution >= 0.6 is 0 Å². The number of hydrogen-bond donors (Lipinski definition) is 0. The fourth-order valence-corrected chi connectivity index (χ4v) is 2.56. The first-order valence-corrected chi connectivity index (χ1v) is 7.45. The summed E-state index contributed by atoms with van der Waals surface area (Å²) in [6.07, 6.45) is 6.27. The molecule has 0 saturated carbocycles. The maximum Gasteiger partial charge on any atom is 0.146 e.